The van der Waals surface area contributed by atoms with Gasteiger partial charge in [-0.2, -0.15) is 9.97 Å². The van der Waals surface area contributed by atoms with Crippen LogP contribution >= 0.6 is 0 Å². The zero-order chi connectivity index (χ0) is 19.3. The van der Waals surface area contributed by atoms with E-state index in [-0.39, 0.29) is 11.8 Å². The van der Waals surface area contributed by atoms with Crippen LogP contribution in [0.5, 0.6) is 0 Å². The van der Waals surface area contributed by atoms with Gasteiger partial charge in [-0.25, -0.2) is 9.97 Å². The van der Waals surface area contributed by atoms with Crippen molar-refractivity contribution >= 4 is 34.5 Å². The second kappa shape index (κ2) is 8.06. The van der Waals surface area contributed by atoms with Gasteiger partial charge >= 0.3 is 0 Å². The van der Waals surface area contributed by atoms with Crippen molar-refractivity contribution in [3.05, 3.63) is 41.7 Å². The monoisotopic (exact) mass is 354 g/mol. The second-order valence-corrected chi connectivity index (χ2v) is 5.27. The van der Waals surface area contributed by atoms with E-state index in [4.69, 9.17) is 17.2 Å². The molecule has 0 radical (unpaired) electrons. The fraction of sp³-hybridized carbons (Fsp3) is 0.235. The SMILES string of the molecule is CC.CN(Cc1cnc2nc(N)nc(N)c2n1)c1cccc(C(N)=O)c1. The number of hydrogen-bond donors (Lipinski definition) is 3. The molecule has 1 amide bonds. The van der Waals surface area contributed by atoms with Gasteiger partial charge in [0.15, 0.2) is 17.0 Å². The van der Waals surface area contributed by atoms with Crippen molar-refractivity contribution in [3.8, 4) is 0 Å². The summed E-state index contributed by atoms with van der Waals surface area (Å²) in [5.74, 6) is -0.231. The summed E-state index contributed by atoms with van der Waals surface area (Å²) in [5, 5.41) is 0. The number of primary amides is 1. The summed E-state index contributed by atoms with van der Waals surface area (Å²) < 4.78 is 0. The largest absolute Gasteiger partial charge is 0.382 e. The minimum absolute atomic E-state index is 0.0578. The Balaban J connectivity index is 0.00000117. The first-order valence-electron chi connectivity index (χ1n) is 8.09. The maximum Gasteiger partial charge on any atom is 0.248 e. The molecular formula is C17H22N8O. The van der Waals surface area contributed by atoms with Gasteiger partial charge in [0.25, 0.3) is 0 Å². The summed E-state index contributed by atoms with van der Waals surface area (Å²) in [6, 6.07) is 7.03. The number of aromatic nitrogens is 4. The lowest BCUT2D eigenvalue weighted by molar-refractivity contribution is 0.100. The average Bonchev–Trinajstić information content (AvgIpc) is 2.64. The summed E-state index contributed by atoms with van der Waals surface area (Å²) in [7, 11) is 1.87. The van der Waals surface area contributed by atoms with E-state index in [1.165, 1.54) is 0 Å². The topological polar surface area (TPSA) is 150 Å². The number of anilines is 3. The quantitative estimate of drug-likeness (QED) is 0.635. The highest BCUT2D eigenvalue weighted by Gasteiger charge is 2.10. The molecule has 1 aromatic carbocycles. The Morgan fingerprint density at radius 1 is 1.15 bits per heavy atom. The molecule has 9 nitrogen and oxygen atoms in total. The summed E-state index contributed by atoms with van der Waals surface area (Å²) in [6.07, 6.45) is 1.60. The predicted molar refractivity (Wildman–Crippen MR) is 102 cm³/mol. The molecule has 0 atom stereocenters. The van der Waals surface area contributed by atoms with Crippen LogP contribution in [0.15, 0.2) is 30.5 Å². The van der Waals surface area contributed by atoms with E-state index in [1.807, 2.05) is 31.9 Å². The van der Waals surface area contributed by atoms with Crippen LogP contribution in [0.25, 0.3) is 11.2 Å². The molecule has 0 saturated heterocycles. The van der Waals surface area contributed by atoms with Crippen LogP contribution in [0.2, 0.25) is 0 Å². The Kier molecular flexibility index (Phi) is 5.84. The molecule has 3 aromatic rings. The number of carbonyl (C=O) groups excluding carboxylic acids is 1. The molecule has 26 heavy (non-hydrogen) atoms. The highest BCUT2D eigenvalue weighted by Crippen LogP contribution is 2.19. The highest BCUT2D eigenvalue weighted by molar-refractivity contribution is 5.93. The van der Waals surface area contributed by atoms with Gasteiger partial charge in [-0.1, -0.05) is 19.9 Å². The molecule has 0 bridgehead atoms. The molecule has 0 saturated carbocycles. The van der Waals surface area contributed by atoms with Crippen LogP contribution in [0.4, 0.5) is 17.5 Å². The number of nitrogens with zero attached hydrogens (tertiary/aromatic N) is 5. The van der Waals surface area contributed by atoms with E-state index < -0.39 is 5.91 Å². The van der Waals surface area contributed by atoms with Crippen LogP contribution in [0, 0.1) is 0 Å². The highest BCUT2D eigenvalue weighted by atomic mass is 16.1. The van der Waals surface area contributed by atoms with Crippen molar-refractivity contribution in [2.75, 3.05) is 23.4 Å². The van der Waals surface area contributed by atoms with E-state index >= 15 is 0 Å². The molecule has 136 valence electrons. The maximum atomic E-state index is 11.3. The summed E-state index contributed by atoms with van der Waals surface area (Å²) >= 11 is 0. The van der Waals surface area contributed by atoms with E-state index in [0.717, 1.165) is 5.69 Å². The summed E-state index contributed by atoms with van der Waals surface area (Å²) in [5.41, 5.74) is 19.4. The molecule has 6 N–H and O–H groups in total. The zero-order valence-corrected chi connectivity index (χ0v) is 15.0. The third-order valence-electron chi connectivity index (χ3n) is 3.47. The number of rotatable bonds is 4. The standard InChI is InChI=1S/C15H16N8O.C2H6/c1-23(10-4-2-3-8(5-10)13(17)24)7-9-6-19-14-11(20-9)12(16)21-15(18)22-14;1-2/h2-6H,7H2,1H3,(H2,17,24)(H4,16,18,19,21,22);1-2H3. The third kappa shape index (κ3) is 4.12. The third-order valence-corrected chi connectivity index (χ3v) is 3.47. The molecule has 2 heterocycles. The minimum Gasteiger partial charge on any atom is -0.382 e. The number of nitrogens with two attached hydrogens (primary N) is 3. The first-order chi connectivity index (χ1) is 12.4. The number of nitrogen functional groups attached to an aromatic ring is 2. The van der Waals surface area contributed by atoms with Gasteiger partial charge in [0.2, 0.25) is 11.9 Å². The van der Waals surface area contributed by atoms with E-state index in [0.29, 0.717) is 29.0 Å². The molecule has 0 unspecified atom stereocenters. The van der Waals surface area contributed by atoms with E-state index in [2.05, 4.69) is 19.9 Å². The van der Waals surface area contributed by atoms with Crippen molar-refractivity contribution in [1.29, 1.82) is 0 Å². The van der Waals surface area contributed by atoms with Gasteiger partial charge in [0.05, 0.1) is 18.4 Å². The number of carbonyl (C=O) groups is 1. The van der Waals surface area contributed by atoms with Crippen molar-refractivity contribution in [1.82, 2.24) is 19.9 Å². The lowest BCUT2D eigenvalue weighted by atomic mass is 10.2. The fourth-order valence-corrected chi connectivity index (χ4v) is 2.29. The smallest absolute Gasteiger partial charge is 0.248 e. The molecular weight excluding hydrogens is 332 g/mol. The van der Waals surface area contributed by atoms with Crippen LogP contribution in [-0.4, -0.2) is 32.9 Å². The van der Waals surface area contributed by atoms with Crippen LogP contribution in [0.1, 0.15) is 29.9 Å². The number of hydrogen-bond acceptors (Lipinski definition) is 8. The van der Waals surface area contributed by atoms with Crippen LogP contribution in [0.3, 0.4) is 0 Å². The summed E-state index contributed by atoms with van der Waals surface area (Å²) in [4.78, 5) is 29.7. The Bertz CT molecular complexity index is 928. The molecule has 0 aliphatic carbocycles. The number of amides is 1. The first kappa shape index (κ1) is 18.8. The second-order valence-electron chi connectivity index (χ2n) is 5.27. The van der Waals surface area contributed by atoms with E-state index in [9.17, 15) is 4.79 Å². The van der Waals surface area contributed by atoms with Crippen molar-refractivity contribution in [2.24, 2.45) is 5.73 Å². The molecule has 0 spiro atoms. The first-order valence-corrected chi connectivity index (χ1v) is 8.09. The Morgan fingerprint density at radius 2 is 1.88 bits per heavy atom. The fourth-order valence-electron chi connectivity index (χ4n) is 2.29. The van der Waals surface area contributed by atoms with Crippen molar-refractivity contribution in [2.45, 2.75) is 20.4 Å². The van der Waals surface area contributed by atoms with Crippen LogP contribution in [-0.2, 0) is 6.54 Å². The molecule has 0 fully saturated rings. The van der Waals surface area contributed by atoms with Crippen molar-refractivity contribution in [3.63, 3.8) is 0 Å². The van der Waals surface area contributed by atoms with Gasteiger partial charge in [-0.15, -0.1) is 0 Å². The Morgan fingerprint density at radius 3 is 2.58 bits per heavy atom. The lowest BCUT2D eigenvalue weighted by Gasteiger charge is -2.19. The van der Waals surface area contributed by atoms with Crippen molar-refractivity contribution < 1.29 is 4.79 Å². The molecule has 3 rings (SSSR count). The Hall–Kier alpha value is -3.49. The molecule has 9 heteroatoms. The lowest BCUT2D eigenvalue weighted by Crippen LogP contribution is -2.19. The molecule has 0 aliphatic heterocycles. The minimum atomic E-state index is -0.474. The van der Waals surface area contributed by atoms with Gasteiger partial charge < -0.3 is 22.1 Å². The van der Waals surface area contributed by atoms with Gasteiger partial charge in [0, 0.05) is 18.3 Å². The maximum absolute atomic E-state index is 11.3. The van der Waals surface area contributed by atoms with Crippen LogP contribution < -0.4 is 22.1 Å². The molecule has 2 aromatic heterocycles. The van der Waals surface area contributed by atoms with Gasteiger partial charge in [0.1, 0.15) is 0 Å². The number of benzene rings is 1. The molecule has 0 aliphatic rings. The Labute approximate surface area is 151 Å². The van der Waals surface area contributed by atoms with E-state index in [1.54, 1.807) is 24.4 Å². The average molecular weight is 354 g/mol. The predicted octanol–water partition coefficient (Wildman–Crippen LogP) is 1.35. The van der Waals surface area contributed by atoms with Gasteiger partial charge in [-0.05, 0) is 18.2 Å². The normalized spacial score (nSPS) is 10.1. The number of fused-ring (bicyclic) bond motifs is 1. The summed E-state index contributed by atoms with van der Waals surface area (Å²) in [6.45, 7) is 4.45. The van der Waals surface area contributed by atoms with Gasteiger partial charge in [-0.3, -0.25) is 4.79 Å². The zero-order valence-electron chi connectivity index (χ0n) is 15.0.